The van der Waals surface area contributed by atoms with E-state index in [0.29, 0.717) is 5.69 Å². The molecule has 1 amide bonds. The van der Waals surface area contributed by atoms with Crippen molar-refractivity contribution in [2.45, 2.75) is 24.9 Å². The Balaban J connectivity index is 1.40. The lowest BCUT2D eigenvalue weighted by Gasteiger charge is -2.43. The summed E-state index contributed by atoms with van der Waals surface area (Å²) in [6.45, 7) is -1.29. The second kappa shape index (κ2) is 8.68. The summed E-state index contributed by atoms with van der Waals surface area (Å²) in [7, 11) is 0. The molecule has 0 saturated carbocycles. The van der Waals surface area contributed by atoms with Gasteiger partial charge in [-0.05, 0) is 23.8 Å². The monoisotopic (exact) mass is 464 g/mol. The van der Waals surface area contributed by atoms with Crippen LogP contribution < -0.4 is 0 Å². The zero-order valence-corrected chi connectivity index (χ0v) is 17.0. The second-order valence-electron chi connectivity index (χ2n) is 7.63. The van der Waals surface area contributed by atoms with E-state index in [0.717, 1.165) is 22.9 Å². The highest BCUT2D eigenvalue weighted by Crippen LogP contribution is 2.33. The van der Waals surface area contributed by atoms with Crippen LogP contribution in [0.1, 0.15) is 16.8 Å². The number of alkyl halides is 5. The first-order valence-electron chi connectivity index (χ1n) is 9.75. The molecular weight excluding hydrogens is 447 g/mol. The molecule has 1 fully saturated rings. The molecule has 0 bridgehead atoms. The number of amides is 1. The highest BCUT2D eigenvalue weighted by Gasteiger charge is 2.45. The summed E-state index contributed by atoms with van der Waals surface area (Å²) in [6.07, 6.45) is 3.41. The molecule has 4 rings (SSSR count). The van der Waals surface area contributed by atoms with E-state index in [1.54, 1.807) is 0 Å². The lowest BCUT2D eigenvalue weighted by Crippen LogP contribution is -2.61. The Kier molecular flexibility index (Phi) is 5.91. The van der Waals surface area contributed by atoms with Crippen molar-refractivity contribution in [3.05, 3.63) is 66.0 Å². The van der Waals surface area contributed by atoms with E-state index >= 15 is 0 Å². The zero-order valence-electron chi connectivity index (χ0n) is 17.0. The topological polar surface area (TPSA) is 76.8 Å². The molecule has 1 aliphatic heterocycles. The molecule has 3 heterocycles. The van der Waals surface area contributed by atoms with Crippen molar-refractivity contribution in [1.82, 2.24) is 29.6 Å². The van der Waals surface area contributed by atoms with Crippen molar-refractivity contribution in [2.24, 2.45) is 0 Å². The number of likely N-dealkylation sites (tertiary alicyclic amines) is 1. The molecule has 0 unspecified atom stereocenters. The van der Waals surface area contributed by atoms with Crippen LogP contribution in [0.15, 0.2) is 49.2 Å². The van der Waals surface area contributed by atoms with E-state index in [1.165, 1.54) is 42.1 Å². The van der Waals surface area contributed by atoms with Gasteiger partial charge in [-0.25, -0.2) is 18.4 Å². The molecule has 172 valence electrons. The van der Waals surface area contributed by atoms with Crippen molar-refractivity contribution in [3.8, 4) is 11.4 Å². The summed E-state index contributed by atoms with van der Waals surface area (Å²) in [6, 6.07) is 2.77. The standard InChI is InChI=1S/C21H17F5N6O/c22-9-14-5-15(7-16(6-14)21(24,25)26)19-29-13-32(30-19)4-1-18(33)31-11-20(23,12-31)8-17-10-27-2-3-28-17/h1-7,10,13H,8-9,11-12H2/b4-1-. The van der Waals surface area contributed by atoms with Gasteiger partial charge in [0.1, 0.15) is 13.0 Å². The Morgan fingerprint density at radius 1 is 1.15 bits per heavy atom. The van der Waals surface area contributed by atoms with Gasteiger partial charge in [0.05, 0.1) is 24.3 Å². The minimum atomic E-state index is -4.65. The van der Waals surface area contributed by atoms with Crippen molar-refractivity contribution >= 4 is 12.1 Å². The van der Waals surface area contributed by atoms with Gasteiger partial charge in [-0.3, -0.25) is 14.8 Å². The number of aromatic nitrogens is 5. The molecule has 12 heteroatoms. The molecule has 7 nitrogen and oxygen atoms in total. The highest BCUT2D eigenvalue weighted by molar-refractivity contribution is 5.91. The second-order valence-corrected chi connectivity index (χ2v) is 7.63. The highest BCUT2D eigenvalue weighted by atomic mass is 19.4. The Morgan fingerprint density at radius 2 is 1.94 bits per heavy atom. The molecular formula is C21H17F5N6O. The first-order chi connectivity index (χ1) is 15.6. The van der Waals surface area contributed by atoms with E-state index in [1.807, 2.05) is 0 Å². The number of halogens is 5. The quantitative estimate of drug-likeness (QED) is 0.412. The smallest absolute Gasteiger partial charge is 0.333 e. The van der Waals surface area contributed by atoms with Gasteiger partial charge in [-0.15, -0.1) is 5.10 Å². The summed E-state index contributed by atoms with van der Waals surface area (Å²) >= 11 is 0. The van der Waals surface area contributed by atoms with Gasteiger partial charge in [-0.2, -0.15) is 13.2 Å². The number of carbonyl (C=O) groups is 1. The van der Waals surface area contributed by atoms with Gasteiger partial charge < -0.3 is 4.90 Å². The molecule has 0 radical (unpaired) electrons. The van der Waals surface area contributed by atoms with Crippen molar-refractivity contribution in [3.63, 3.8) is 0 Å². The molecule has 0 aliphatic carbocycles. The third-order valence-electron chi connectivity index (χ3n) is 4.99. The molecule has 1 saturated heterocycles. The van der Waals surface area contributed by atoms with Gasteiger partial charge in [-0.1, -0.05) is 0 Å². The Bertz CT molecular complexity index is 1170. The fourth-order valence-corrected chi connectivity index (χ4v) is 3.44. The van der Waals surface area contributed by atoms with E-state index < -0.39 is 30.0 Å². The van der Waals surface area contributed by atoms with Crippen LogP contribution in [-0.4, -0.2) is 54.3 Å². The molecule has 2 aromatic heterocycles. The van der Waals surface area contributed by atoms with Crippen LogP contribution in [0.5, 0.6) is 0 Å². The average molecular weight is 464 g/mol. The van der Waals surface area contributed by atoms with Crippen molar-refractivity contribution < 1.29 is 26.7 Å². The van der Waals surface area contributed by atoms with Crippen LogP contribution in [-0.2, 0) is 24.1 Å². The Hall–Kier alpha value is -3.70. The first-order valence-corrected chi connectivity index (χ1v) is 9.75. The van der Waals surface area contributed by atoms with Crippen molar-refractivity contribution in [1.29, 1.82) is 0 Å². The maximum absolute atomic E-state index is 14.7. The SMILES string of the molecule is O=C(/C=C\n1cnc(-c2cc(CF)cc(C(F)(F)F)c2)n1)N1CC(F)(Cc2cnccn2)C1. The van der Waals surface area contributed by atoms with E-state index in [-0.39, 0.29) is 36.5 Å². The molecule has 0 spiro atoms. The average Bonchev–Trinajstić information content (AvgIpc) is 3.24. The van der Waals surface area contributed by atoms with E-state index in [2.05, 4.69) is 20.1 Å². The largest absolute Gasteiger partial charge is 0.416 e. The zero-order chi connectivity index (χ0) is 23.6. The van der Waals surface area contributed by atoms with E-state index in [4.69, 9.17) is 0 Å². The van der Waals surface area contributed by atoms with Crippen LogP contribution in [0.2, 0.25) is 0 Å². The lowest BCUT2D eigenvalue weighted by molar-refractivity contribution is -0.140. The molecule has 33 heavy (non-hydrogen) atoms. The summed E-state index contributed by atoms with van der Waals surface area (Å²) in [5, 5.41) is 4.01. The Morgan fingerprint density at radius 3 is 2.61 bits per heavy atom. The molecule has 3 aromatic rings. The number of hydrogen-bond acceptors (Lipinski definition) is 5. The maximum Gasteiger partial charge on any atom is 0.416 e. The number of benzene rings is 1. The van der Waals surface area contributed by atoms with Crippen LogP contribution >= 0.6 is 0 Å². The third kappa shape index (κ3) is 5.21. The summed E-state index contributed by atoms with van der Waals surface area (Å²) in [5.41, 5.74) is -2.27. The number of nitrogens with zero attached hydrogens (tertiary/aromatic N) is 6. The van der Waals surface area contributed by atoms with Gasteiger partial charge in [0.25, 0.3) is 0 Å². The van der Waals surface area contributed by atoms with Crippen molar-refractivity contribution in [2.75, 3.05) is 13.1 Å². The van der Waals surface area contributed by atoms with Gasteiger partial charge in [0.15, 0.2) is 11.5 Å². The van der Waals surface area contributed by atoms with Gasteiger partial charge >= 0.3 is 6.18 Å². The molecule has 0 N–H and O–H groups in total. The molecule has 1 aliphatic rings. The van der Waals surface area contributed by atoms with Gasteiger partial charge in [0, 0.05) is 42.9 Å². The predicted molar refractivity (Wildman–Crippen MR) is 107 cm³/mol. The summed E-state index contributed by atoms with van der Waals surface area (Å²) in [4.78, 5) is 25.4. The van der Waals surface area contributed by atoms with E-state index in [9.17, 15) is 26.7 Å². The van der Waals surface area contributed by atoms with Crippen LogP contribution in [0.25, 0.3) is 17.6 Å². The van der Waals surface area contributed by atoms with Crippen LogP contribution in [0.4, 0.5) is 22.0 Å². The van der Waals surface area contributed by atoms with Gasteiger partial charge in [0.2, 0.25) is 5.91 Å². The number of rotatable bonds is 6. The fraction of sp³-hybridized carbons (Fsp3) is 0.286. The third-order valence-corrected chi connectivity index (χ3v) is 4.99. The first kappa shape index (κ1) is 22.5. The lowest BCUT2D eigenvalue weighted by atomic mass is 9.91. The number of carbonyl (C=O) groups excluding carboxylic acids is 1. The fourth-order valence-electron chi connectivity index (χ4n) is 3.44. The summed E-state index contributed by atoms with van der Waals surface area (Å²) in [5.74, 6) is -0.526. The summed E-state index contributed by atoms with van der Waals surface area (Å²) < 4.78 is 68.0. The predicted octanol–water partition coefficient (Wildman–Crippen LogP) is 3.49. The van der Waals surface area contributed by atoms with Crippen LogP contribution in [0.3, 0.4) is 0 Å². The molecule has 0 atom stereocenters. The minimum absolute atomic E-state index is 0.00933. The maximum atomic E-state index is 14.7. The number of hydrogen-bond donors (Lipinski definition) is 0. The minimum Gasteiger partial charge on any atom is -0.333 e. The molecule has 1 aromatic carbocycles. The normalized spacial score (nSPS) is 15.6. The Labute approximate surface area is 184 Å². The van der Waals surface area contributed by atoms with Crippen LogP contribution in [0, 0.1) is 0 Å².